The van der Waals surface area contributed by atoms with Crippen molar-refractivity contribution in [1.29, 1.82) is 0 Å². The van der Waals surface area contributed by atoms with Gasteiger partial charge < -0.3 is 19.6 Å². The van der Waals surface area contributed by atoms with E-state index in [0.29, 0.717) is 26.2 Å². The van der Waals surface area contributed by atoms with Gasteiger partial charge in [0, 0.05) is 65.0 Å². The van der Waals surface area contributed by atoms with E-state index in [1.807, 2.05) is 9.80 Å². The molecule has 142 valence electrons. The molecule has 0 spiro atoms. The second-order valence-corrected chi connectivity index (χ2v) is 7.23. The van der Waals surface area contributed by atoms with Gasteiger partial charge in [0.25, 0.3) is 0 Å². The number of carbonyl (C=O) groups excluding carboxylic acids is 2. The molecule has 0 N–H and O–H groups in total. The SMILES string of the molecule is CN(C)C(=O)N1CCC(C(=O)N2CCN(c3ccc(F)cc3)CC2)CC1. The number of likely N-dealkylation sites (tertiary alicyclic amines) is 1. The van der Waals surface area contributed by atoms with E-state index in [9.17, 15) is 14.0 Å². The molecule has 26 heavy (non-hydrogen) atoms. The first-order valence-electron chi connectivity index (χ1n) is 9.21. The molecule has 0 unspecified atom stereocenters. The lowest BCUT2D eigenvalue weighted by molar-refractivity contribution is -0.137. The Morgan fingerprint density at radius 1 is 0.923 bits per heavy atom. The molecule has 2 saturated heterocycles. The molecule has 0 saturated carbocycles. The Morgan fingerprint density at radius 2 is 1.50 bits per heavy atom. The summed E-state index contributed by atoms with van der Waals surface area (Å²) in [5.74, 6) is -0.0130. The fourth-order valence-electron chi connectivity index (χ4n) is 3.70. The van der Waals surface area contributed by atoms with Gasteiger partial charge in [0.1, 0.15) is 5.82 Å². The molecule has 1 aromatic rings. The van der Waals surface area contributed by atoms with Gasteiger partial charge in [-0.25, -0.2) is 9.18 Å². The van der Waals surface area contributed by atoms with Crippen molar-refractivity contribution in [2.24, 2.45) is 5.92 Å². The minimum absolute atomic E-state index is 0.0126. The summed E-state index contributed by atoms with van der Waals surface area (Å²) < 4.78 is 13.1. The summed E-state index contributed by atoms with van der Waals surface area (Å²) in [4.78, 5) is 32.3. The van der Waals surface area contributed by atoms with E-state index in [0.717, 1.165) is 31.6 Å². The molecule has 0 radical (unpaired) electrons. The van der Waals surface area contributed by atoms with Crippen molar-refractivity contribution < 1.29 is 14.0 Å². The number of urea groups is 1. The standard InChI is InChI=1S/C19H27FN4O2/c1-21(2)19(26)24-9-7-15(8-10-24)18(25)23-13-11-22(12-14-23)17-5-3-16(20)4-6-17/h3-6,15H,7-14H2,1-2H3. The molecule has 0 bridgehead atoms. The summed E-state index contributed by atoms with van der Waals surface area (Å²) in [7, 11) is 3.50. The monoisotopic (exact) mass is 362 g/mol. The first kappa shape index (κ1) is 18.5. The minimum Gasteiger partial charge on any atom is -0.368 e. The van der Waals surface area contributed by atoms with Crippen LogP contribution in [-0.4, -0.2) is 80.0 Å². The highest BCUT2D eigenvalue weighted by molar-refractivity contribution is 5.80. The van der Waals surface area contributed by atoms with Crippen molar-refractivity contribution >= 4 is 17.6 Å². The van der Waals surface area contributed by atoms with Crippen LogP contribution >= 0.6 is 0 Å². The van der Waals surface area contributed by atoms with Gasteiger partial charge in [-0.3, -0.25) is 4.79 Å². The zero-order valence-corrected chi connectivity index (χ0v) is 15.5. The van der Waals surface area contributed by atoms with Gasteiger partial charge >= 0.3 is 6.03 Å². The maximum absolute atomic E-state index is 13.1. The van der Waals surface area contributed by atoms with Gasteiger partial charge in [-0.05, 0) is 37.1 Å². The summed E-state index contributed by atoms with van der Waals surface area (Å²) in [6, 6.07) is 6.52. The van der Waals surface area contributed by atoms with E-state index in [1.165, 1.54) is 12.1 Å². The van der Waals surface area contributed by atoms with Crippen molar-refractivity contribution in [2.45, 2.75) is 12.8 Å². The number of piperidine rings is 1. The number of piperazine rings is 1. The largest absolute Gasteiger partial charge is 0.368 e. The third kappa shape index (κ3) is 4.08. The summed E-state index contributed by atoms with van der Waals surface area (Å²) in [5, 5.41) is 0. The number of nitrogens with zero attached hydrogens (tertiary/aromatic N) is 4. The molecular formula is C19H27FN4O2. The smallest absolute Gasteiger partial charge is 0.319 e. The quantitative estimate of drug-likeness (QED) is 0.807. The maximum atomic E-state index is 13.1. The highest BCUT2D eigenvalue weighted by Crippen LogP contribution is 2.22. The molecule has 0 aromatic heterocycles. The van der Waals surface area contributed by atoms with Crippen LogP contribution in [0.5, 0.6) is 0 Å². The number of halogens is 1. The minimum atomic E-state index is -0.235. The second kappa shape index (κ2) is 7.93. The molecule has 2 aliphatic rings. The van der Waals surface area contributed by atoms with E-state index in [2.05, 4.69) is 4.90 Å². The van der Waals surface area contributed by atoms with E-state index in [4.69, 9.17) is 0 Å². The number of hydrogen-bond acceptors (Lipinski definition) is 3. The van der Waals surface area contributed by atoms with Crippen LogP contribution < -0.4 is 4.90 Å². The average Bonchev–Trinajstić information content (AvgIpc) is 2.67. The van der Waals surface area contributed by atoms with E-state index in [-0.39, 0.29) is 23.7 Å². The Hall–Kier alpha value is -2.31. The lowest BCUT2D eigenvalue weighted by atomic mass is 9.95. The van der Waals surface area contributed by atoms with E-state index in [1.54, 1.807) is 31.1 Å². The normalized spacial score (nSPS) is 18.8. The van der Waals surface area contributed by atoms with Crippen LogP contribution in [-0.2, 0) is 4.79 Å². The molecule has 1 aromatic carbocycles. The number of amides is 3. The summed E-state index contributed by atoms with van der Waals surface area (Å²) in [6.07, 6.45) is 1.47. The van der Waals surface area contributed by atoms with Crippen LogP contribution in [0.2, 0.25) is 0 Å². The Morgan fingerprint density at radius 3 is 2.04 bits per heavy atom. The van der Waals surface area contributed by atoms with Gasteiger partial charge in [0.2, 0.25) is 5.91 Å². The van der Waals surface area contributed by atoms with Crippen LogP contribution in [0.25, 0.3) is 0 Å². The van der Waals surface area contributed by atoms with Gasteiger partial charge in [0.05, 0.1) is 0 Å². The Kier molecular flexibility index (Phi) is 5.64. The van der Waals surface area contributed by atoms with Crippen molar-refractivity contribution in [1.82, 2.24) is 14.7 Å². The maximum Gasteiger partial charge on any atom is 0.319 e. The van der Waals surface area contributed by atoms with Crippen molar-refractivity contribution in [3.63, 3.8) is 0 Å². The van der Waals surface area contributed by atoms with Crippen molar-refractivity contribution in [3.8, 4) is 0 Å². The number of carbonyl (C=O) groups is 2. The highest BCUT2D eigenvalue weighted by Gasteiger charge is 2.32. The number of rotatable bonds is 2. The Labute approximate surface area is 154 Å². The van der Waals surface area contributed by atoms with Crippen LogP contribution in [0, 0.1) is 11.7 Å². The van der Waals surface area contributed by atoms with Crippen molar-refractivity contribution in [2.75, 3.05) is 58.3 Å². The Balaban J connectivity index is 1.48. The van der Waals surface area contributed by atoms with Crippen LogP contribution in [0.3, 0.4) is 0 Å². The predicted molar refractivity (Wildman–Crippen MR) is 98.6 cm³/mol. The summed E-state index contributed by atoms with van der Waals surface area (Å²) in [5.41, 5.74) is 0.994. The van der Waals surface area contributed by atoms with Crippen LogP contribution in [0.1, 0.15) is 12.8 Å². The molecule has 3 rings (SSSR count). The molecule has 2 fully saturated rings. The third-order valence-corrected chi connectivity index (χ3v) is 5.28. The molecule has 0 aliphatic carbocycles. The van der Waals surface area contributed by atoms with Gasteiger partial charge in [0.15, 0.2) is 0 Å². The molecule has 3 amide bonds. The molecular weight excluding hydrogens is 335 g/mol. The molecule has 7 heteroatoms. The predicted octanol–water partition coefficient (Wildman–Crippen LogP) is 1.87. The first-order chi connectivity index (χ1) is 12.5. The lowest BCUT2D eigenvalue weighted by Gasteiger charge is -2.39. The summed E-state index contributed by atoms with van der Waals surface area (Å²) >= 11 is 0. The number of hydrogen-bond donors (Lipinski definition) is 0. The topological polar surface area (TPSA) is 47.1 Å². The zero-order chi connectivity index (χ0) is 18.7. The molecule has 2 aliphatic heterocycles. The molecule has 0 atom stereocenters. The second-order valence-electron chi connectivity index (χ2n) is 7.23. The van der Waals surface area contributed by atoms with Gasteiger partial charge in [-0.2, -0.15) is 0 Å². The average molecular weight is 362 g/mol. The highest BCUT2D eigenvalue weighted by atomic mass is 19.1. The van der Waals surface area contributed by atoms with Gasteiger partial charge in [-0.15, -0.1) is 0 Å². The fourth-order valence-corrected chi connectivity index (χ4v) is 3.70. The molecule has 6 nitrogen and oxygen atoms in total. The van der Waals surface area contributed by atoms with Crippen LogP contribution in [0.15, 0.2) is 24.3 Å². The third-order valence-electron chi connectivity index (χ3n) is 5.28. The van der Waals surface area contributed by atoms with E-state index >= 15 is 0 Å². The van der Waals surface area contributed by atoms with Gasteiger partial charge in [-0.1, -0.05) is 0 Å². The lowest BCUT2D eigenvalue weighted by Crippen LogP contribution is -2.52. The van der Waals surface area contributed by atoms with Crippen molar-refractivity contribution in [3.05, 3.63) is 30.1 Å². The zero-order valence-electron chi connectivity index (χ0n) is 15.5. The molecule has 2 heterocycles. The number of anilines is 1. The first-order valence-corrected chi connectivity index (χ1v) is 9.21. The number of benzene rings is 1. The van der Waals surface area contributed by atoms with Crippen LogP contribution in [0.4, 0.5) is 14.9 Å². The summed E-state index contributed by atoms with van der Waals surface area (Å²) in [6.45, 7) is 4.18. The Bertz CT molecular complexity index is 633. The fraction of sp³-hybridized carbons (Fsp3) is 0.579. The van der Waals surface area contributed by atoms with E-state index < -0.39 is 0 Å².